The summed E-state index contributed by atoms with van der Waals surface area (Å²) in [5, 5.41) is 0. The number of rotatable bonds is 2. The van der Waals surface area contributed by atoms with Crippen LogP contribution in [0, 0.1) is 11.6 Å². The number of nitrogens with zero attached hydrogens (tertiary/aromatic N) is 2. The molecule has 1 heterocycles. The molecule has 24 heavy (non-hydrogen) atoms. The Hall–Kier alpha value is -2.76. The number of hydrogen-bond acceptors (Lipinski definition) is 2. The number of halogens is 2. The molecule has 1 aliphatic rings. The Labute approximate surface area is 138 Å². The van der Waals surface area contributed by atoms with Gasteiger partial charge in [0.1, 0.15) is 17.7 Å². The van der Waals surface area contributed by atoms with Gasteiger partial charge in [0.15, 0.2) is 0 Å². The molecule has 6 heteroatoms. The van der Waals surface area contributed by atoms with Crippen molar-refractivity contribution < 1.29 is 18.4 Å². The predicted molar refractivity (Wildman–Crippen MR) is 85.7 cm³/mol. The molecule has 1 saturated heterocycles. The van der Waals surface area contributed by atoms with Crippen LogP contribution < -0.4 is 4.90 Å². The van der Waals surface area contributed by atoms with E-state index in [1.54, 1.807) is 11.8 Å². The minimum Gasteiger partial charge on any atom is -0.325 e. The summed E-state index contributed by atoms with van der Waals surface area (Å²) in [5.41, 5.74) is 0.938. The largest absolute Gasteiger partial charge is 0.325 e. The number of carbonyl (C=O) groups is 2. The first-order valence-corrected chi connectivity index (χ1v) is 7.61. The predicted octanol–water partition coefficient (Wildman–Crippen LogP) is 2.84. The summed E-state index contributed by atoms with van der Waals surface area (Å²) >= 11 is 0. The molecular formula is C18H16F2N2O2. The second-order valence-corrected chi connectivity index (χ2v) is 5.65. The first-order valence-electron chi connectivity index (χ1n) is 7.61. The van der Waals surface area contributed by atoms with Crippen molar-refractivity contribution in [3.05, 3.63) is 65.7 Å². The third-order valence-electron chi connectivity index (χ3n) is 4.15. The van der Waals surface area contributed by atoms with Crippen molar-refractivity contribution in [3.63, 3.8) is 0 Å². The van der Waals surface area contributed by atoms with E-state index in [1.165, 1.54) is 53.4 Å². The number of anilines is 1. The van der Waals surface area contributed by atoms with Crippen molar-refractivity contribution in [2.24, 2.45) is 0 Å². The van der Waals surface area contributed by atoms with E-state index in [0.717, 1.165) is 0 Å². The number of benzene rings is 2. The summed E-state index contributed by atoms with van der Waals surface area (Å²) in [5.74, 6) is -1.33. The van der Waals surface area contributed by atoms with E-state index in [1.807, 2.05) is 0 Å². The van der Waals surface area contributed by atoms with Gasteiger partial charge in [-0.1, -0.05) is 0 Å². The zero-order valence-corrected chi connectivity index (χ0v) is 13.1. The SMILES string of the molecule is C[C@@H]1C(=O)N(c2ccc(F)cc2)CCN1C(=O)c1ccc(F)cc1. The lowest BCUT2D eigenvalue weighted by atomic mass is 10.1. The highest BCUT2D eigenvalue weighted by Crippen LogP contribution is 2.22. The Morgan fingerprint density at radius 1 is 0.958 bits per heavy atom. The summed E-state index contributed by atoms with van der Waals surface area (Å²) in [6, 6.07) is 10.3. The third kappa shape index (κ3) is 2.99. The molecule has 4 nitrogen and oxygen atoms in total. The van der Waals surface area contributed by atoms with Gasteiger partial charge in [0.05, 0.1) is 0 Å². The quantitative estimate of drug-likeness (QED) is 0.849. The second kappa shape index (κ2) is 6.39. The highest BCUT2D eigenvalue weighted by Gasteiger charge is 2.35. The Morgan fingerprint density at radius 3 is 2.08 bits per heavy atom. The normalized spacial score (nSPS) is 18.0. The Kier molecular flexibility index (Phi) is 4.29. The maximum Gasteiger partial charge on any atom is 0.254 e. The van der Waals surface area contributed by atoms with Gasteiger partial charge in [-0.2, -0.15) is 0 Å². The van der Waals surface area contributed by atoms with Crippen LogP contribution in [0.1, 0.15) is 17.3 Å². The molecule has 0 unspecified atom stereocenters. The molecule has 0 N–H and O–H groups in total. The molecular weight excluding hydrogens is 314 g/mol. The van der Waals surface area contributed by atoms with Gasteiger partial charge >= 0.3 is 0 Å². The van der Waals surface area contributed by atoms with Crippen molar-refractivity contribution in [2.45, 2.75) is 13.0 Å². The number of piperazine rings is 1. The molecule has 0 saturated carbocycles. The van der Waals surface area contributed by atoms with Crippen LogP contribution in [0.2, 0.25) is 0 Å². The fourth-order valence-corrected chi connectivity index (χ4v) is 2.78. The van der Waals surface area contributed by atoms with E-state index in [0.29, 0.717) is 24.3 Å². The molecule has 0 radical (unpaired) electrons. The van der Waals surface area contributed by atoms with Crippen molar-refractivity contribution in [1.82, 2.24) is 4.90 Å². The molecule has 2 aromatic carbocycles. The molecule has 0 aromatic heterocycles. The van der Waals surface area contributed by atoms with E-state index >= 15 is 0 Å². The lowest BCUT2D eigenvalue weighted by Crippen LogP contribution is -2.57. The first-order chi connectivity index (χ1) is 11.5. The van der Waals surface area contributed by atoms with Gasteiger partial charge in [0, 0.05) is 24.3 Å². The van der Waals surface area contributed by atoms with Gasteiger partial charge in [-0.05, 0) is 55.5 Å². The average molecular weight is 330 g/mol. The van der Waals surface area contributed by atoms with Crippen LogP contribution in [0.3, 0.4) is 0 Å². The minimum atomic E-state index is -0.652. The molecule has 2 aromatic rings. The highest BCUT2D eigenvalue weighted by molar-refractivity contribution is 6.03. The highest BCUT2D eigenvalue weighted by atomic mass is 19.1. The van der Waals surface area contributed by atoms with Gasteiger partial charge in [-0.15, -0.1) is 0 Å². The molecule has 0 aliphatic carbocycles. The van der Waals surface area contributed by atoms with Crippen LogP contribution in [-0.2, 0) is 4.79 Å². The smallest absolute Gasteiger partial charge is 0.254 e. The molecule has 0 spiro atoms. The average Bonchev–Trinajstić information content (AvgIpc) is 2.58. The number of amides is 2. The van der Waals surface area contributed by atoms with Crippen LogP contribution >= 0.6 is 0 Å². The lowest BCUT2D eigenvalue weighted by Gasteiger charge is -2.39. The van der Waals surface area contributed by atoms with Crippen LogP contribution in [0.15, 0.2) is 48.5 Å². The molecule has 0 bridgehead atoms. The Morgan fingerprint density at radius 2 is 1.50 bits per heavy atom. The van der Waals surface area contributed by atoms with Crippen LogP contribution in [0.4, 0.5) is 14.5 Å². The van der Waals surface area contributed by atoms with Crippen molar-refractivity contribution in [2.75, 3.05) is 18.0 Å². The van der Waals surface area contributed by atoms with Gasteiger partial charge in [0.25, 0.3) is 5.91 Å². The monoisotopic (exact) mass is 330 g/mol. The summed E-state index contributed by atoms with van der Waals surface area (Å²) in [6.07, 6.45) is 0. The molecule has 1 fully saturated rings. The summed E-state index contributed by atoms with van der Waals surface area (Å²) in [4.78, 5) is 28.1. The third-order valence-corrected chi connectivity index (χ3v) is 4.15. The summed E-state index contributed by atoms with van der Waals surface area (Å²) in [7, 11) is 0. The van der Waals surface area contributed by atoms with Crippen molar-refractivity contribution >= 4 is 17.5 Å². The fourth-order valence-electron chi connectivity index (χ4n) is 2.78. The second-order valence-electron chi connectivity index (χ2n) is 5.65. The summed E-state index contributed by atoms with van der Waals surface area (Å²) in [6.45, 7) is 2.32. The molecule has 1 aliphatic heterocycles. The molecule has 2 amide bonds. The summed E-state index contributed by atoms with van der Waals surface area (Å²) < 4.78 is 26.0. The minimum absolute atomic E-state index is 0.233. The zero-order chi connectivity index (χ0) is 17.3. The van der Waals surface area contributed by atoms with Crippen molar-refractivity contribution in [1.29, 1.82) is 0 Å². The van der Waals surface area contributed by atoms with Crippen LogP contribution in [0.5, 0.6) is 0 Å². The van der Waals surface area contributed by atoms with Gasteiger partial charge in [-0.25, -0.2) is 8.78 Å². The van der Waals surface area contributed by atoms with E-state index < -0.39 is 11.9 Å². The molecule has 124 valence electrons. The Balaban J connectivity index is 1.78. The maximum absolute atomic E-state index is 13.0. The lowest BCUT2D eigenvalue weighted by molar-refractivity contribution is -0.124. The molecule has 1 atom stereocenters. The standard InChI is InChI=1S/C18H16F2N2O2/c1-12-17(23)22(16-8-6-15(20)7-9-16)11-10-21(12)18(24)13-2-4-14(19)5-3-13/h2-9,12H,10-11H2,1H3/t12-/m1/s1. The van der Waals surface area contributed by atoms with E-state index in [2.05, 4.69) is 0 Å². The fraction of sp³-hybridized carbons (Fsp3) is 0.222. The van der Waals surface area contributed by atoms with E-state index in [4.69, 9.17) is 0 Å². The zero-order valence-electron chi connectivity index (χ0n) is 13.1. The molecule has 3 rings (SSSR count). The van der Waals surface area contributed by atoms with Crippen molar-refractivity contribution in [3.8, 4) is 0 Å². The first kappa shape index (κ1) is 16.1. The van der Waals surface area contributed by atoms with Gasteiger partial charge in [0.2, 0.25) is 5.91 Å². The van der Waals surface area contributed by atoms with Gasteiger partial charge in [-0.3, -0.25) is 9.59 Å². The topological polar surface area (TPSA) is 40.6 Å². The van der Waals surface area contributed by atoms with Crippen LogP contribution in [-0.4, -0.2) is 35.8 Å². The van der Waals surface area contributed by atoms with E-state index in [-0.39, 0.29) is 17.6 Å². The van der Waals surface area contributed by atoms with E-state index in [9.17, 15) is 18.4 Å². The maximum atomic E-state index is 13.0. The van der Waals surface area contributed by atoms with Gasteiger partial charge < -0.3 is 9.80 Å². The Bertz CT molecular complexity index is 760. The van der Waals surface area contributed by atoms with Crippen LogP contribution in [0.25, 0.3) is 0 Å². The number of carbonyl (C=O) groups excluding carboxylic acids is 2. The number of hydrogen-bond donors (Lipinski definition) is 0.